The van der Waals surface area contributed by atoms with Gasteiger partial charge in [0.2, 0.25) is 5.91 Å². The monoisotopic (exact) mass is 454 g/mol. The van der Waals surface area contributed by atoms with E-state index in [0.29, 0.717) is 28.2 Å². The summed E-state index contributed by atoms with van der Waals surface area (Å²) in [5, 5.41) is 12.6. The Labute approximate surface area is 195 Å². The standard InChI is InChI=1S/C26H22N4O2S/c1-17-13-18(2)15-21(14-17)30-25(32)22-5-3-4-6-23(22)29-26(30)33-16-24(31)28-20-9-7-19(8-10-20)11-12-27/h3-10,13-15H,11,16H2,1-2H3,(H,28,31). The van der Waals surface area contributed by atoms with E-state index in [1.54, 1.807) is 28.8 Å². The predicted molar refractivity (Wildman–Crippen MR) is 132 cm³/mol. The van der Waals surface area contributed by atoms with E-state index in [1.165, 1.54) is 11.8 Å². The van der Waals surface area contributed by atoms with Crippen molar-refractivity contribution in [2.45, 2.75) is 25.4 Å². The summed E-state index contributed by atoms with van der Waals surface area (Å²) < 4.78 is 1.58. The minimum absolute atomic E-state index is 0.0928. The maximum atomic E-state index is 13.4. The quantitative estimate of drug-likeness (QED) is 0.334. The molecule has 0 fully saturated rings. The number of amides is 1. The molecule has 0 aliphatic carbocycles. The second-order valence-electron chi connectivity index (χ2n) is 7.77. The molecule has 1 aromatic heterocycles. The van der Waals surface area contributed by atoms with Crippen molar-refractivity contribution in [1.82, 2.24) is 9.55 Å². The van der Waals surface area contributed by atoms with Crippen LogP contribution in [0.15, 0.2) is 76.7 Å². The maximum absolute atomic E-state index is 13.4. The molecule has 0 saturated carbocycles. The fourth-order valence-corrected chi connectivity index (χ4v) is 4.45. The number of nitrogens with zero attached hydrogens (tertiary/aromatic N) is 3. The van der Waals surface area contributed by atoms with Crippen molar-refractivity contribution < 1.29 is 4.79 Å². The van der Waals surface area contributed by atoms with E-state index in [-0.39, 0.29) is 17.2 Å². The van der Waals surface area contributed by atoms with Gasteiger partial charge in [-0.05, 0) is 66.9 Å². The molecule has 0 radical (unpaired) electrons. The van der Waals surface area contributed by atoms with Gasteiger partial charge in [0.05, 0.1) is 34.8 Å². The number of anilines is 1. The average molecular weight is 455 g/mol. The number of nitrogens with one attached hydrogen (secondary N) is 1. The number of hydrogen-bond acceptors (Lipinski definition) is 5. The van der Waals surface area contributed by atoms with Gasteiger partial charge in [0.15, 0.2) is 5.16 Å². The number of fused-ring (bicyclic) bond motifs is 1. The van der Waals surface area contributed by atoms with Gasteiger partial charge in [-0.2, -0.15) is 5.26 Å². The van der Waals surface area contributed by atoms with Crippen LogP contribution in [0.1, 0.15) is 16.7 Å². The number of nitriles is 1. The molecular formula is C26H22N4O2S. The fourth-order valence-electron chi connectivity index (χ4n) is 3.64. The Morgan fingerprint density at radius 3 is 2.45 bits per heavy atom. The Bertz CT molecular complexity index is 1420. The number of carbonyl (C=O) groups excluding carboxylic acids is 1. The smallest absolute Gasteiger partial charge is 0.266 e. The highest BCUT2D eigenvalue weighted by Crippen LogP contribution is 2.23. The van der Waals surface area contributed by atoms with Crippen molar-refractivity contribution >= 4 is 34.3 Å². The number of para-hydroxylation sites is 1. The summed E-state index contributed by atoms with van der Waals surface area (Å²) in [6.07, 6.45) is 0.327. The van der Waals surface area contributed by atoms with Gasteiger partial charge in [-0.15, -0.1) is 0 Å². The van der Waals surface area contributed by atoms with Crippen LogP contribution in [0.4, 0.5) is 5.69 Å². The molecular weight excluding hydrogens is 432 g/mol. The highest BCUT2D eigenvalue weighted by molar-refractivity contribution is 7.99. The summed E-state index contributed by atoms with van der Waals surface area (Å²) in [7, 11) is 0. The van der Waals surface area contributed by atoms with Gasteiger partial charge >= 0.3 is 0 Å². The molecule has 6 nitrogen and oxygen atoms in total. The highest BCUT2D eigenvalue weighted by atomic mass is 32.2. The topological polar surface area (TPSA) is 87.8 Å². The normalized spacial score (nSPS) is 10.7. The van der Waals surface area contributed by atoms with Gasteiger partial charge in [0, 0.05) is 5.69 Å². The lowest BCUT2D eigenvalue weighted by Crippen LogP contribution is -2.23. The largest absolute Gasteiger partial charge is 0.325 e. The SMILES string of the molecule is Cc1cc(C)cc(-n2c(SCC(=O)Nc3ccc(CC#N)cc3)nc3ccccc3c2=O)c1. The van der Waals surface area contributed by atoms with E-state index in [0.717, 1.165) is 22.4 Å². The molecule has 0 unspecified atom stereocenters. The van der Waals surface area contributed by atoms with Gasteiger partial charge in [-0.25, -0.2) is 4.98 Å². The summed E-state index contributed by atoms with van der Waals surface area (Å²) in [5.74, 6) is -0.113. The molecule has 3 aromatic carbocycles. The van der Waals surface area contributed by atoms with Crippen LogP contribution < -0.4 is 10.9 Å². The first kappa shape index (κ1) is 22.3. The average Bonchev–Trinajstić information content (AvgIpc) is 2.78. The van der Waals surface area contributed by atoms with E-state index in [9.17, 15) is 9.59 Å². The van der Waals surface area contributed by atoms with Crippen molar-refractivity contribution in [2.24, 2.45) is 0 Å². The third-order valence-corrected chi connectivity index (χ3v) is 6.00. The van der Waals surface area contributed by atoms with Crippen LogP contribution in [0.2, 0.25) is 0 Å². The van der Waals surface area contributed by atoms with Crippen LogP contribution in [0, 0.1) is 25.2 Å². The van der Waals surface area contributed by atoms with Crippen LogP contribution >= 0.6 is 11.8 Å². The van der Waals surface area contributed by atoms with E-state index in [2.05, 4.69) is 11.4 Å². The van der Waals surface area contributed by atoms with E-state index in [4.69, 9.17) is 10.2 Å². The van der Waals surface area contributed by atoms with E-state index in [1.807, 2.05) is 56.3 Å². The van der Waals surface area contributed by atoms with Crippen LogP contribution in [-0.4, -0.2) is 21.2 Å². The van der Waals surface area contributed by atoms with Crippen LogP contribution in [0.25, 0.3) is 16.6 Å². The van der Waals surface area contributed by atoms with Crippen molar-refractivity contribution in [3.63, 3.8) is 0 Å². The summed E-state index contributed by atoms with van der Waals surface area (Å²) in [5.41, 5.74) is 4.79. The minimum Gasteiger partial charge on any atom is -0.325 e. The van der Waals surface area contributed by atoms with Gasteiger partial charge in [-0.1, -0.05) is 42.1 Å². The summed E-state index contributed by atoms with van der Waals surface area (Å²) in [6.45, 7) is 3.97. The number of aromatic nitrogens is 2. The summed E-state index contributed by atoms with van der Waals surface area (Å²) in [6, 6.07) is 22.4. The summed E-state index contributed by atoms with van der Waals surface area (Å²) in [4.78, 5) is 30.7. The molecule has 0 aliphatic heterocycles. The molecule has 33 heavy (non-hydrogen) atoms. The van der Waals surface area contributed by atoms with E-state index >= 15 is 0 Å². The maximum Gasteiger partial charge on any atom is 0.266 e. The zero-order valence-electron chi connectivity index (χ0n) is 18.3. The number of aryl methyl sites for hydroxylation is 2. The molecule has 1 N–H and O–H groups in total. The van der Waals surface area contributed by atoms with Gasteiger partial charge in [-0.3, -0.25) is 14.2 Å². The molecule has 7 heteroatoms. The molecule has 1 amide bonds. The third-order valence-electron chi connectivity index (χ3n) is 5.06. The highest BCUT2D eigenvalue weighted by Gasteiger charge is 2.15. The second-order valence-corrected chi connectivity index (χ2v) is 8.71. The minimum atomic E-state index is -0.206. The van der Waals surface area contributed by atoms with Crippen molar-refractivity contribution in [3.05, 3.63) is 93.8 Å². The molecule has 0 spiro atoms. The number of carbonyl (C=O) groups is 1. The molecule has 0 bridgehead atoms. The van der Waals surface area contributed by atoms with Gasteiger partial charge < -0.3 is 5.32 Å². The Morgan fingerprint density at radius 1 is 1.06 bits per heavy atom. The van der Waals surface area contributed by atoms with Crippen LogP contribution in [0.3, 0.4) is 0 Å². The molecule has 4 rings (SSSR count). The Morgan fingerprint density at radius 2 is 1.76 bits per heavy atom. The first-order valence-corrected chi connectivity index (χ1v) is 11.4. The zero-order chi connectivity index (χ0) is 23.4. The third kappa shape index (κ3) is 5.13. The lowest BCUT2D eigenvalue weighted by molar-refractivity contribution is -0.113. The lowest BCUT2D eigenvalue weighted by atomic mass is 10.1. The van der Waals surface area contributed by atoms with Gasteiger partial charge in [0.25, 0.3) is 5.56 Å². The fraction of sp³-hybridized carbons (Fsp3) is 0.154. The lowest BCUT2D eigenvalue weighted by Gasteiger charge is -2.14. The summed E-state index contributed by atoms with van der Waals surface area (Å²) >= 11 is 1.22. The van der Waals surface area contributed by atoms with Crippen molar-refractivity contribution in [1.29, 1.82) is 5.26 Å². The predicted octanol–water partition coefficient (Wildman–Crippen LogP) is 4.80. The molecule has 0 saturated heterocycles. The first-order chi connectivity index (χ1) is 15.9. The van der Waals surface area contributed by atoms with Crippen molar-refractivity contribution in [2.75, 3.05) is 11.1 Å². The number of thioether (sulfide) groups is 1. The molecule has 0 atom stereocenters. The van der Waals surface area contributed by atoms with E-state index < -0.39 is 0 Å². The molecule has 164 valence electrons. The van der Waals surface area contributed by atoms with Crippen molar-refractivity contribution in [3.8, 4) is 11.8 Å². The zero-order valence-corrected chi connectivity index (χ0v) is 19.1. The number of rotatable bonds is 6. The number of benzene rings is 3. The van der Waals surface area contributed by atoms with Crippen LogP contribution in [0.5, 0.6) is 0 Å². The Kier molecular flexibility index (Phi) is 6.57. The van der Waals surface area contributed by atoms with Crippen LogP contribution in [-0.2, 0) is 11.2 Å². The number of hydrogen-bond donors (Lipinski definition) is 1. The molecule has 4 aromatic rings. The first-order valence-electron chi connectivity index (χ1n) is 10.4. The molecule has 1 heterocycles. The van der Waals surface area contributed by atoms with Gasteiger partial charge in [0.1, 0.15) is 0 Å². The second kappa shape index (κ2) is 9.72. The molecule has 0 aliphatic rings. The Balaban J connectivity index is 1.63. The Hall–Kier alpha value is -3.89.